The van der Waals surface area contributed by atoms with E-state index in [2.05, 4.69) is 15.0 Å². The molecule has 8 heteroatoms. The minimum absolute atomic E-state index is 0.0230. The van der Waals surface area contributed by atoms with Crippen molar-refractivity contribution in [3.05, 3.63) is 70.8 Å². The Morgan fingerprint density at radius 3 is 2.48 bits per heavy atom. The molecule has 1 saturated heterocycles. The monoisotopic (exact) mass is 440 g/mol. The lowest BCUT2D eigenvalue weighted by molar-refractivity contribution is -0.134. The van der Waals surface area contributed by atoms with Crippen molar-refractivity contribution in [3.8, 4) is 11.4 Å². The van der Waals surface area contributed by atoms with Crippen LogP contribution < -0.4 is 0 Å². The zero-order chi connectivity index (χ0) is 21.4. The van der Waals surface area contributed by atoms with Gasteiger partial charge in [0.25, 0.3) is 0 Å². The molecule has 1 saturated carbocycles. The quantitative estimate of drug-likeness (QED) is 0.600. The van der Waals surface area contributed by atoms with E-state index in [1.54, 1.807) is 24.3 Å². The zero-order valence-corrected chi connectivity index (χ0v) is 17.6. The molecule has 1 aliphatic heterocycles. The fourth-order valence-corrected chi connectivity index (χ4v) is 4.26. The van der Waals surface area contributed by atoms with Gasteiger partial charge in [-0.05, 0) is 54.3 Å². The largest absolute Gasteiger partial charge is 0.340 e. The second-order valence-corrected chi connectivity index (χ2v) is 8.56. The van der Waals surface area contributed by atoms with Crippen molar-refractivity contribution in [2.45, 2.75) is 18.9 Å². The highest BCUT2D eigenvalue weighted by Crippen LogP contribution is 2.48. The molecule has 6 nitrogen and oxygen atoms in total. The molecule has 2 unspecified atom stereocenters. The first-order chi connectivity index (χ1) is 15.1. The van der Waals surface area contributed by atoms with Gasteiger partial charge in [0.15, 0.2) is 0 Å². The maximum Gasteiger partial charge on any atom is 0.241 e. The summed E-state index contributed by atoms with van der Waals surface area (Å²) in [7, 11) is 0. The molecular formula is C23H22ClFN4O2. The van der Waals surface area contributed by atoms with Crippen molar-refractivity contribution < 1.29 is 13.7 Å². The molecule has 5 rings (SSSR count). The summed E-state index contributed by atoms with van der Waals surface area (Å²) in [4.78, 5) is 21.5. The van der Waals surface area contributed by atoms with Crippen LogP contribution in [0.3, 0.4) is 0 Å². The Morgan fingerprint density at radius 1 is 1.06 bits per heavy atom. The van der Waals surface area contributed by atoms with Crippen LogP contribution in [0.5, 0.6) is 0 Å². The first kappa shape index (κ1) is 20.2. The summed E-state index contributed by atoms with van der Waals surface area (Å²) in [5, 5.41) is 4.72. The molecule has 2 fully saturated rings. The van der Waals surface area contributed by atoms with Gasteiger partial charge in [-0.3, -0.25) is 9.69 Å². The van der Waals surface area contributed by atoms with Crippen molar-refractivity contribution in [3.63, 3.8) is 0 Å². The van der Waals surface area contributed by atoms with Gasteiger partial charge in [-0.25, -0.2) is 4.39 Å². The van der Waals surface area contributed by atoms with Gasteiger partial charge in [0.2, 0.25) is 17.6 Å². The van der Waals surface area contributed by atoms with Gasteiger partial charge >= 0.3 is 0 Å². The number of hydrogen-bond donors (Lipinski definition) is 0. The topological polar surface area (TPSA) is 62.5 Å². The van der Waals surface area contributed by atoms with Crippen LogP contribution in [0.25, 0.3) is 11.4 Å². The van der Waals surface area contributed by atoms with E-state index in [0.717, 1.165) is 30.6 Å². The second kappa shape index (κ2) is 8.40. The van der Waals surface area contributed by atoms with E-state index in [0.29, 0.717) is 36.4 Å². The molecule has 2 aliphatic rings. The molecule has 31 heavy (non-hydrogen) atoms. The van der Waals surface area contributed by atoms with E-state index in [1.165, 1.54) is 12.1 Å². The summed E-state index contributed by atoms with van der Waals surface area (Å²) in [5.41, 5.74) is 1.90. The van der Waals surface area contributed by atoms with Crippen LogP contribution in [0.2, 0.25) is 5.02 Å². The third-order valence-electron chi connectivity index (χ3n) is 6.02. The van der Waals surface area contributed by atoms with Crippen LogP contribution in [0.4, 0.5) is 4.39 Å². The Kier molecular flexibility index (Phi) is 5.46. The number of nitrogens with zero attached hydrogens (tertiary/aromatic N) is 4. The molecule has 2 heterocycles. The zero-order valence-electron chi connectivity index (χ0n) is 16.9. The van der Waals surface area contributed by atoms with E-state index >= 15 is 0 Å². The molecule has 0 bridgehead atoms. The maximum absolute atomic E-state index is 13.1. The lowest BCUT2D eigenvalue weighted by Crippen LogP contribution is -2.48. The number of carbonyl (C=O) groups is 1. The number of halogens is 2. The highest BCUT2D eigenvalue weighted by atomic mass is 35.5. The summed E-state index contributed by atoms with van der Waals surface area (Å²) >= 11 is 5.92. The van der Waals surface area contributed by atoms with Gasteiger partial charge < -0.3 is 9.42 Å². The predicted octanol–water partition coefficient (Wildman–Crippen LogP) is 3.98. The molecule has 0 N–H and O–H groups in total. The maximum atomic E-state index is 13.1. The van der Waals surface area contributed by atoms with E-state index in [4.69, 9.17) is 16.1 Å². The summed E-state index contributed by atoms with van der Waals surface area (Å²) in [6.45, 7) is 3.45. The molecular weight excluding hydrogens is 419 g/mol. The van der Waals surface area contributed by atoms with E-state index in [1.807, 2.05) is 17.0 Å². The minimum atomic E-state index is -0.245. The van der Waals surface area contributed by atoms with Crippen LogP contribution >= 0.6 is 11.6 Å². The smallest absolute Gasteiger partial charge is 0.241 e. The molecule has 0 spiro atoms. The number of piperazine rings is 1. The molecule has 160 valence electrons. The van der Waals surface area contributed by atoms with Crippen molar-refractivity contribution in [1.29, 1.82) is 0 Å². The molecule has 1 amide bonds. The van der Waals surface area contributed by atoms with E-state index < -0.39 is 0 Å². The van der Waals surface area contributed by atoms with Crippen molar-refractivity contribution >= 4 is 17.5 Å². The lowest BCUT2D eigenvalue weighted by Gasteiger charge is -2.34. The van der Waals surface area contributed by atoms with E-state index in [-0.39, 0.29) is 23.6 Å². The van der Waals surface area contributed by atoms with Crippen molar-refractivity contribution in [1.82, 2.24) is 19.9 Å². The van der Waals surface area contributed by atoms with Crippen molar-refractivity contribution in [2.24, 2.45) is 5.92 Å². The predicted molar refractivity (Wildman–Crippen MR) is 114 cm³/mol. The Bertz CT molecular complexity index is 1060. The highest BCUT2D eigenvalue weighted by molar-refractivity contribution is 6.30. The molecule has 2 atom stereocenters. The Hall–Kier alpha value is -2.77. The number of hydrogen-bond acceptors (Lipinski definition) is 5. The fraction of sp³-hybridized carbons (Fsp3) is 0.348. The average molecular weight is 441 g/mol. The van der Waals surface area contributed by atoms with Crippen molar-refractivity contribution in [2.75, 3.05) is 26.2 Å². The van der Waals surface area contributed by atoms with Gasteiger partial charge in [0.05, 0.1) is 6.54 Å². The Balaban J connectivity index is 1.12. The van der Waals surface area contributed by atoms with Crippen LogP contribution in [0.15, 0.2) is 53.1 Å². The Morgan fingerprint density at radius 2 is 1.77 bits per heavy atom. The summed E-state index contributed by atoms with van der Waals surface area (Å²) in [6, 6.07) is 13.8. The first-order valence-corrected chi connectivity index (χ1v) is 10.8. The number of rotatable bonds is 5. The number of amides is 1. The van der Waals surface area contributed by atoms with Crippen LogP contribution in [-0.4, -0.2) is 52.0 Å². The van der Waals surface area contributed by atoms with Crippen LogP contribution in [0.1, 0.15) is 23.8 Å². The van der Waals surface area contributed by atoms with Crippen LogP contribution in [-0.2, 0) is 11.3 Å². The summed E-state index contributed by atoms with van der Waals surface area (Å²) in [6.07, 6.45) is 0.847. The lowest BCUT2D eigenvalue weighted by atomic mass is 10.1. The van der Waals surface area contributed by atoms with Gasteiger partial charge in [-0.15, -0.1) is 0 Å². The van der Waals surface area contributed by atoms with E-state index in [9.17, 15) is 9.18 Å². The number of aromatic nitrogens is 2. The average Bonchev–Trinajstić information content (AvgIpc) is 3.45. The standard InChI is InChI=1S/C23H22ClFN4O2/c24-17-5-1-16(2-6-17)22-26-21(31-27-22)14-28-9-11-29(12-10-28)23(30)20-13-19(20)15-3-7-18(25)8-4-15/h1-8,19-20H,9-14H2. The highest BCUT2D eigenvalue weighted by Gasteiger charge is 2.46. The third-order valence-corrected chi connectivity index (χ3v) is 6.27. The Labute approximate surface area is 184 Å². The van der Waals surface area contributed by atoms with Gasteiger partial charge in [-0.2, -0.15) is 4.98 Å². The minimum Gasteiger partial charge on any atom is -0.340 e. The third kappa shape index (κ3) is 4.48. The summed E-state index contributed by atoms with van der Waals surface area (Å²) < 4.78 is 18.5. The van der Waals surface area contributed by atoms with Gasteiger partial charge in [-0.1, -0.05) is 28.9 Å². The summed E-state index contributed by atoms with van der Waals surface area (Å²) in [5.74, 6) is 1.30. The molecule has 0 radical (unpaired) electrons. The molecule has 2 aromatic carbocycles. The molecule has 1 aliphatic carbocycles. The molecule has 1 aromatic heterocycles. The van der Waals surface area contributed by atoms with Gasteiger partial charge in [0, 0.05) is 42.7 Å². The van der Waals surface area contributed by atoms with Gasteiger partial charge in [0.1, 0.15) is 5.82 Å². The van der Waals surface area contributed by atoms with Crippen LogP contribution in [0, 0.1) is 11.7 Å². The first-order valence-electron chi connectivity index (χ1n) is 10.4. The SMILES string of the molecule is O=C(C1CC1c1ccc(F)cc1)N1CCN(Cc2nc(-c3ccc(Cl)cc3)no2)CC1. The number of carbonyl (C=O) groups excluding carboxylic acids is 1. The normalized spacial score (nSPS) is 21.3. The fourth-order valence-electron chi connectivity index (χ4n) is 4.13. The second-order valence-electron chi connectivity index (χ2n) is 8.12. The number of benzene rings is 2. The molecule has 3 aromatic rings.